The molecule has 0 atom stereocenters. The van der Waals surface area contributed by atoms with E-state index in [4.69, 9.17) is 4.42 Å². The van der Waals surface area contributed by atoms with Crippen molar-refractivity contribution in [3.8, 4) is 10.8 Å². The van der Waals surface area contributed by atoms with Crippen LogP contribution in [0.2, 0.25) is 0 Å². The minimum atomic E-state index is -4.51. The number of carbonyl (C=O) groups excluding carboxylic acids is 1. The fourth-order valence-electron chi connectivity index (χ4n) is 2.50. The minimum Gasteiger partial charge on any atom is -0.440 e. The Hall–Kier alpha value is -2.81. The van der Waals surface area contributed by atoms with Crippen LogP contribution in [0.4, 0.5) is 24.5 Å². The Kier molecular flexibility index (Phi) is 4.97. The highest BCUT2D eigenvalue weighted by atomic mass is 32.1. The maximum absolute atomic E-state index is 13.0. The zero-order chi connectivity index (χ0) is 19.8. The number of nitrogens with one attached hydrogen (secondary N) is 1. The standard InChI is InChI=1S/C18H16F3N3O2S/c1-10-15(23-17(26-10)14-5-4-8-27-14)16(25)22-12-9-11(18(19,20)21)6-7-13(12)24(2)3/h4-9H,1-3H3,(H,22,25). The normalized spacial score (nSPS) is 11.5. The third-order valence-electron chi connectivity index (χ3n) is 3.80. The van der Waals surface area contributed by atoms with Crippen molar-refractivity contribution in [2.45, 2.75) is 13.1 Å². The SMILES string of the molecule is Cc1oc(-c2cccs2)nc1C(=O)Nc1cc(C(F)(F)F)ccc1N(C)C. The van der Waals surface area contributed by atoms with E-state index in [1.807, 2.05) is 11.4 Å². The first-order chi connectivity index (χ1) is 12.7. The third-order valence-corrected chi connectivity index (χ3v) is 4.66. The molecule has 3 rings (SSSR count). The molecule has 1 N–H and O–H groups in total. The quantitative estimate of drug-likeness (QED) is 0.672. The van der Waals surface area contributed by atoms with E-state index in [0.717, 1.165) is 17.0 Å². The van der Waals surface area contributed by atoms with E-state index in [2.05, 4.69) is 10.3 Å². The molecule has 0 saturated heterocycles. The molecule has 9 heteroatoms. The summed E-state index contributed by atoms with van der Waals surface area (Å²) >= 11 is 1.41. The van der Waals surface area contributed by atoms with Crippen LogP contribution in [0.5, 0.6) is 0 Å². The van der Waals surface area contributed by atoms with E-state index in [0.29, 0.717) is 11.6 Å². The molecule has 5 nitrogen and oxygen atoms in total. The highest BCUT2D eigenvalue weighted by molar-refractivity contribution is 7.13. The van der Waals surface area contributed by atoms with E-state index in [1.54, 1.807) is 32.0 Å². The maximum atomic E-state index is 13.0. The summed E-state index contributed by atoms with van der Waals surface area (Å²) in [5.74, 6) is -0.0553. The van der Waals surface area contributed by atoms with Gasteiger partial charge in [0, 0.05) is 14.1 Å². The number of nitrogens with zero attached hydrogens (tertiary/aromatic N) is 2. The van der Waals surface area contributed by atoms with E-state index in [1.165, 1.54) is 17.4 Å². The van der Waals surface area contributed by atoms with Crippen LogP contribution in [0, 0.1) is 6.92 Å². The van der Waals surface area contributed by atoms with Gasteiger partial charge < -0.3 is 14.6 Å². The molecule has 0 spiro atoms. The number of halogens is 3. The molecule has 3 aromatic rings. The molecule has 142 valence electrons. The van der Waals surface area contributed by atoms with Gasteiger partial charge in [-0.3, -0.25) is 4.79 Å². The van der Waals surface area contributed by atoms with Gasteiger partial charge in [-0.25, -0.2) is 4.98 Å². The molecule has 0 aliphatic carbocycles. The number of aryl methyl sites for hydroxylation is 1. The van der Waals surface area contributed by atoms with Crippen LogP contribution >= 0.6 is 11.3 Å². The molecular formula is C18H16F3N3O2S. The lowest BCUT2D eigenvalue weighted by atomic mass is 10.1. The monoisotopic (exact) mass is 395 g/mol. The number of carbonyl (C=O) groups is 1. The molecule has 1 aromatic carbocycles. The summed E-state index contributed by atoms with van der Waals surface area (Å²) in [6, 6.07) is 6.81. The third kappa shape index (κ3) is 3.97. The van der Waals surface area contributed by atoms with Gasteiger partial charge in [-0.1, -0.05) is 6.07 Å². The van der Waals surface area contributed by atoms with Crippen molar-refractivity contribution in [1.82, 2.24) is 4.98 Å². The summed E-state index contributed by atoms with van der Waals surface area (Å²) in [5, 5.41) is 4.37. The van der Waals surface area contributed by atoms with Crippen LogP contribution in [-0.2, 0) is 6.18 Å². The average Bonchev–Trinajstić information content (AvgIpc) is 3.23. The summed E-state index contributed by atoms with van der Waals surface area (Å²) in [6.45, 7) is 1.58. The first kappa shape index (κ1) is 19.0. The fourth-order valence-corrected chi connectivity index (χ4v) is 3.15. The van der Waals surface area contributed by atoms with Gasteiger partial charge in [-0.05, 0) is 36.6 Å². The number of rotatable bonds is 4. The lowest BCUT2D eigenvalue weighted by molar-refractivity contribution is -0.137. The van der Waals surface area contributed by atoms with Crippen LogP contribution in [-0.4, -0.2) is 25.0 Å². The van der Waals surface area contributed by atoms with Crippen molar-refractivity contribution in [2.75, 3.05) is 24.3 Å². The lowest BCUT2D eigenvalue weighted by Crippen LogP contribution is -2.18. The summed E-state index contributed by atoms with van der Waals surface area (Å²) in [4.78, 5) is 19.2. The van der Waals surface area contributed by atoms with Gasteiger partial charge in [0.15, 0.2) is 5.69 Å². The molecule has 0 aliphatic heterocycles. The van der Waals surface area contributed by atoms with Crippen LogP contribution in [0.15, 0.2) is 40.1 Å². The second-order valence-corrected chi connectivity index (χ2v) is 6.93. The summed E-state index contributed by atoms with van der Waals surface area (Å²) in [7, 11) is 3.35. The number of alkyl halides is 3. The van der Waals surface area contributed by atoms with Gasteiger partial charge in [0.1, 0.15) is 5.76 Å². The highest BCUT2D eigenvalue weighted by Crippen LogP contribution is 2.35. The first-order valence-corrected chi connectivity index (χ1v) is 8.76. The smallest absolute Gasteiger partial charge is 0.416 e. The maximum Gasteiger partial charge on any atom is 0.416 e. The van der Waals surface area contributed by atoms with Crippen molar-refractivity contribution < 1.29 is 22.4 Å². The molecule has 2 heterocycles. The Morgan fingerprint density at radius 3 is 2.59 bits per heavy atom. The van der Waals surface area contributed by atoms with Crippen LogP contribution in [0.1, 0.15) is 21.8 Å². The lowest BCUT2D eigenvalue weighted by Gasteiger charge is -2.19. The minimum absolute atomic E-state index is 0.0283. The highest BCUT2D eigenvalue weighted by Gasteiger charge is 2.31. The molecule has 0 fully saturated rings. The van der Waals surface area contributed by atoms with E-state index in [-0.39, 0.29) is 17.1 Å². The average molecular weight is 395 g/mol. The molecule has 0 unspecified atom stereocenters. The number of thiophene rings is 1. The van der Waals surface area contributed by atoms with Gasteiger partial charge in [-0.2, -0.15) is 13.2 Å². The fraction of sp³-hybridized carbons (Fsp3) is 0.222. The first-order valence-electron chi connectivity index (χ1n) is 7.88. The van der Waals surface area contributed by atoms with Crippen molar-refractivity contribution in [2.24, 2.45) is 0 Å². The Morgan fingerprint density at radius 2 is 2.00 bits per heavy atom. The number of anilines is 2. The summed E-state index contributed by atoms with van der Waals surface area (Å²) in [5.41, 5.74) is -0.337. The number of amides is 1. The molecule has 0 aliphatic rings. The predicted octanol–water partition coefficient (Wildman–Crippen LogP) is 5.05. The topological polar surface area (TPSA) is 58.4 Å². The van der Waals surface area contributed by atoms with Crippen LogP contribution in [0.3, 0.4) is 0 Å². The molecular weight excluding hydrogens is 379 g/mol. The van der Waals surface area contributed by atoms with Crippen molar-refractivity contribution >= 4 is 28.6 Å². The summed E-state index contributed by atoms with van der Waals surface area (Å²) in [6.07, 6.45) is -4.51. The molecule has 0 saturated carbocycles. The van der Waals surface area contributed by atoms with Crippen LogP contribution in [0.25, 0.3) is 10.8 Å². The van der Waals surface area contributed by atoms with Crippen molar-refractivity contribution in [3.63, 3.8) is 0 Å². The van der Waals surface area contributed by atoms with Gasteiger partial charge in [-0.15, -0.1) is 11.3 Å². The molecule has 0 radical (unpaired) electrons. The van der Waals surface area contributed by atoms with Gasteiger partial charge in [0.2, 0.25) is 5.89 Å². The largest absolute Gasteiger partial charge is 0.440 e. The molecule has 1 amide bonds. The Labute approximate surface area is 157 Å². The summed E-state index contributed by atoms with van der Waals surface area (Å²) < 4.78 is 44.6. The van der Waals surface area contributed by atoms with Gasteiger partial charge >= 0.3 is 6.18 Å². The van der Waals surface area contributed by atoms with E-state index >= 15 is 0 Å². The molecule has 0 bridgehead atoms. The number of hydrogen-bond donors (Lipinski definition) is 1. The zero-order valence-corrected chi connectivity index (χ0v) is 15.5. The predicted molar refractivity (Wildman–Crippen MR) is 98.3 cm³/mol. The van der Waals surface area contributed by atoms with E-state index < -0.39 is 17.6 Å². The number of hydrogen-bond acceptors (Lipinski definition) is 5. The number of benzene rings is 1. The second-order valence-electron chi connectivity index (χ2n) is 5.98. The Morgan fingerprint density at radius 1 is 1.26 bits per heavy atom. The Balaban J connectivity index is 1.94. The van der Waals surface area contributed by atoms with E-state index in [9.17, 15) is 18.0 Å². The van der Waals surface area contributed by atoms with Gasteiger partial charge in [0.25, 0.3) is 5.91 Å². The van der Waals surface area contributed by atoms with Gasteiger partial charge in [0.05, 0.1) is 21.8 Å². The zero-order valence-electron chi connectivity index (χ0n) is 14.7. The van der Waals surface area contributed by atoms with Crippen molar-refractivity contribution in [1.29, 1.82) is 0 Å². The molecule has 2 aromatic heterocycles. The van der Waals surface area contributed by atoms with Crippen LogP contribution < -0.4 is 10.2 Å². The Bertz CT molecular complexity index is 963. The molecule has 27 heavy (non-hydrogen) atoms. The second kappa shape index (κ2) is 7.07. The van der Waals surface area contributed by atoms with Crippen molar-refractivity contribution in [3.05, 3.63) is 52.7 Å². The number of aromatic nitrogens is 1. The number of oxazole rings is 1.